The van der Waals surface area contributed by atoms with Gasteiger partial charge in [0, 0.05) is 52.4 Å². The number of carbonyl (C=O) groups excluding carboxylic acids is 2. The fourth-order valence-corrected chi connectivity index (χ4v) is 2.12. The molecule has 22 heavy (non-hydrogen) atoms. The molecule has 0 aromatic heterocycles. The van der Waals surface area contributed by atoms with E-state index in [0.717, 1.165) is 0 Å². The zero-order valence-electron chi connectivity index (χ0n) is 12.2. The van der Waals surface area contributed by atoms with Crippen LogP contribution in [-0.4, -0.2) is 96.8 Å². The molecule has 10 heteroatoms. The predicted molar refractivity (Wildman–Crippen MR) is 73.1 cm³/mol. The number of nitrogens with zero attached hydrogens (tertiary/aromatic N) is 2. The molecule has 2 saturated heterocycles. The largest absolute Gasteiger partial charge is 0.360 e. The minimum absolute atomic E-state index is 0.484. The Labute approximate surface area is 127 Å². The molecule has 2 aliphatic heterocycles. The summed E-state index contributed by atoms with van der Waals surface area (Å²) >= 11 is 0. The van der Waals surface area contributed by atoms with Gasteiger partial charge in [-0.1, -0.05) is 0 Å². The average molecular weight is 318 g/mol. The smallest absolute Gasteiger partial charge is 0.261 e. The van der Waals surface area contributed by atoms with Gasteiger partial charge in [0.15, 0.2) is 0 Å². The first kappa shape index (κ1) is 17.4. The Hall–Kier alpha value is -0.980. The van der Waals surface area contributed by atoms with Crippen LogP contribution in [-0.2, 0) is 19.3 Å². The van der Waals surface area contributed by atoms with E-state index in [2.05, 4.69) is 10.6 Å². The van der Waals surface area contributed by atoms with Crippen LogP contribution in [0.25, 0.3) is 0 Å². The van der Waals surface area contributed by atoms with Crippen molar-refractivity contribution in [2.45, 2.75) is 12.6 Å². The lowest BCUT2D eigenvalue weighted by Gasteiger charge is -2.29. The van der Waals surface area contributed by atoms with E-state index in [4.69, 9.17) is 9.68 Å². The quantitative estimate of drug-likeness (QED) is 0.277. The summed E-state index contributed by atoms with van der Waals surface area (Å²) in [5.74, 6) is -2.47. The van der Waals surface area contributed by atoms with Crippen LogP contribution in [0.5, 0.6) is 0 Å². The van der Waals surface area contributed by atoms with Crippen molar-refractivity contribution in [2.24, 2.45) is 0 Å². The molecule has 0 aromatic rings. The fraction of sp³-hybridized carbons (Fsp3) is 0.833. The van der Waals surface area contributed by atoms with E-state index in [1.54, 1.807) is 0 Å². The SMILES string of the molecule is O=C(C(=O)C(O)ON1CCNCC1)C(O)ON1CCNCC1. The van der Waals surface area contributed by atoms with E-state index in [0.29, 0.717) is 52.4 Å². The molecule has 0 radical (unpaired) electrons. The summed E-state index contributed by atoms with van der Waals surface area (Å²) in [5.41, 5.74) is 0. The van der Waals surface area contributed by atoms with E-state index in [-0.39, 0.29) is 0 Å². The predicted octanol–water partition coefficient (Wildman–Crippen LogP) is -3.56. The van der Waals surface area contributed by atoms with Crippen molar-refractivity contribution >= 4 is 11.6 Å². The summed E-state index contributed by atoms with van der Waals surface area (Å²) in [6.07, 6.45) is -3.88. The normalized spacial score (nSPS) is 23.9. The van der Waals surface area contributed by atoms with Crippen molar-refractivity contribution in [3.8, 4) is 0 Å². The van der Waals surface area contributed by atoms with Crippen LogP contribution in [0.15, 0.2) is 0 Å². The minimum atomic E-state index is -1.94. The molecule has 2 aliphatic rings. The molecule has 0 aliphatic carbocycles. The molecular weight excluding hydrogens is 296 g/mol. The second kappa shape index (κ2) is 8.60. The number of ketones is 2. The summed E-state index contributed by atoms with van der Waals surface area (Å²) in [6, 6.07) is 0. The number of hydrogen-bond acceptors (Lipinski definition) is 10. The molecule has 2 unspecified atom stereocenters. The first-order valence-corrected chi connectivity index (χ1v) is 7.27. The number of Topliss-reactive ketones (excluding diaryl/α,β-unsaturated/α-hetero) is 2. The van der Waals surface area contributed by atoms with Crippen molar-refractivity contribution in [2.75, 3.05) is 52.4 Å². The van der Waals surface area contributed by atoms with Crippen molar-refractivity contribution in [1.82, 2.24) is 20.8 Å². The van der Waals surface area contributed by atoms with E-state index >= 15 is 0 Å². The summed E-state index contributed by atoms with van der Waals surface area (Å²) in [6.45, 7) is 4.56. The molecule has 126 valence electrons. The van der Waals surface area contributed by atoms with Gasteiger partial charge in [-0.15, -0.1) is 0 Å². The standard InChI is InChI=1S/C12H22N4O6/c17-9(11(19)21-15-5-1-13-2-6-15)10(18)12(20)22-16-7-3-14-4-8-16/h11-14,19-20H,1-8H2. The molecule has 0 aromatic carbocycles. The first-order chi connectivity index (χ1) is 10.6. The van der Waals surface area contributed by atoms with Crippen LogP contribution in [0, 0.1) is 0 Å². The third-order valence-corrected chi connectivity index (χ3v) is 3.34. The number of hydrogen-bond donors (Lipinski definition) is 4. The highest BCUT2D eigenvalue weighted by Crippen LogP contribution is 2.04. The Morgan fingerprint density at radius 1 is 0.773 bits per heavy atom. The summed E-state index contributed by atoms with van der Waals surface area (Å²) in [7, 11) is 0. The maximum Gasteiger partial charge on any atom is 0.261 e. The van der Waals surface area contributed by atoms with Gasteiger partial charge in [-0.2, -0.15) is 10.1 Å². The molecule has 0 amide bonds. The van der Waals surface area contributed by atoms with Crippen molar-refractivity contribution in [3.63, 3.8) is 0 Å². The van der Waals surface area contributed by atoms with E-state index in [1.807, 2.05) is 0 Å². The van der Waals surface area contributed by atoms with Crippen LogP contribution in [0.2, 0.25) is 0 Å². The molecule has 4 N–H and O–H groups in total. The third kappa shape index (κ3) is 5.04. The number of piperazine rings is 2. The van der Waals surface area contributed by atoms with Crippen molar-refractivity contribution < 1.29 is 29.5 Å². The lowest BCUT2D eigenvalue weighted by molar-refractivity contribution is -0.267. The average Bonchev–Trinajstić information content (AvgIpc) is 2.55. The van der Waals surface area contributed by atoms with Gasteiger partial charge < -0.3 is 20.8 Å². The third-order valence-electron chi connectivity index (χ3n) is 3.34. The Kier molecular flexibility index (Phi) is 6.79. The Morgan fingerprint density at radius 2 is 1.09 bits per heavy atom. The van der Waals surface area contributed by atoms with Gasteiger partial charge >= 0.3 is 0 Å². The maximum absolute atomic E-state index is 11.8. The monoisotopic (exact) mass is 318 g/mol. The number of aliphatic hydroxyl groups is 2. The molecule has 2 fully saturated rings. The maximum atomic E-state index is 11.8. The fourth-order valence-electron chi connectivity index (χ4n) is 2.12. The van der Waals surface area contributed by atoms with Crippen LogP contribution in [0.1, 0.15) is 0 Å². The lowest BCUT2D eigenvalue weighted by atomic mass is 10.2. The molecule has 2 heterocycles. The highest BCUT2D eigenvalue weighted by molar-refractivity contribution is 6.39. The van der Waals surface area contributed by atoms with E-state index < -0.39 is 24.1 Å². The van der Waals surface area contributed by atoms with Crippen LogP contribution >= 0.6 is 0 Å². The van der Waals surface area contributed by atoms with Crippen molar-refractivity contribution in [3.05, 3.63) is 0 Å². The van der Waals surface area contributed by atoms with Crippen molar-refractivity contribution in [1.29, 1.82) is 0 Å². The molecule has 0 saturated carbocycles. The van der Waals surface area contributed by atoms with Gasteiger partial charge in [0.25, 0.3) is 11.6 Å². The minimum Gasteiger partial charge on any atom is -0.360 e. The van der Waals surface area contributed by atoms with Crippen LogP contribution < -0.4 is 10.6 Å². The Balaban J connectivity index is 1.77. The molecule has 0 bridgehead atoms. The van der Waals surface area contributed by atoms with Gasteiger partial charge in [-0.3, -0.25) is 19.3 Å². The second-order valence-electron chi connectivity index (χ2n) is 5.00. The number of nitrogens with one attached hydrogen (secondary N) is 2. The topological polar surface area (TPSA) is 124 Å². The van der Waals surface area contributed by atoms with Gasteiger partial charge in [-0.25, -0.2) is 0 Å². The summed E-state index contributed by atoms with van der Waals surface area (Å²) in [4.78, 5) is 33.5. The van der Waals surface area contributed by atoms with Gasteiger partial charge in [0.1, 0.15) is 0 Å². The Bertz CT molecular complexity index is 348. The molecular formula is C12H22N4O6. The molecule has 2 atom stereocenters. The number of rotatable bonds is 7. The Morgan fingerprint density at radius 3 is 1.41 bits per heavy atom. The molecule has 0 spiro atoms. The van der Waals surface area contributed by atoms with Crippen LogP contribution in [0.3, 0.4) is 0 Å². The zero-order chi connectivity index (χ0) is 15.9. The van der Waals surface area contributed by atoms with E-state index in [1.165, 1.54) is 10.1 Å². The first-order valence-electron chi connectivity index (χ1n) is 7.27. The van der Waals surface area contributed by atoms with Gasteiger partial charge in [0.2, 0.25) is 12.6 Å². The number of aliphatic hydroxyl groups excluding tert-OH is 2. The second-order valence-corrected chi connectivity index (χ2v) is 5.00. The summed E-state index contributed by atoms with van der Waals surface area (Å²) < 4.78 is 0. The van der Waals surface area contributed by atoms with Gasteiger partial charge in [0.05, 0.1) is 0 Å². The molecule has 10 nitrogen and oxygen atoms in total. The number of hydroxylamine groups is 4. The van der Waals surface area contributed by atoms with Gasteiger partial charge in [-0.05, 0) is 0 Å². The number of carbonyl (C=O) groups is 2. The molecule has 2 rings (SSSR count). The lowest BCUT2D eigenvalue weighted by Crippen LogP contribution is -2.50. The highest BCUT2D eigenvalue weighted by atomic mass is 16.8. The van der Waals surface area contributed by atoms with Crippen LogP contribution in [0.4, 0.5) is 0 Å². The summed E-state index contributed by atoms with van der Waals surface area (Å²) in [5, 5.41) is 28.3. The zero-order valence-corrected chi connectivity index (χ0v) is 12.2. The van der Waals surface area contributed by atoms with E-state index in [9.17, 15) is 19.8 Å². The highest BCUT2D eigenvalue weighted by Gasteiger charge is 2.33.